The van der Waals surface area contributed by atoms with Crippen molar-refractivity contribution in [2.75, 3.05) is 13.3 Å². The molecule has 14 heavy (non-hydrogen) atoms. The van der Waals surface area contributed by atoms with Gasteiger partial charge in [-0.3, -0.25) is 4.39 Å². The molecule has 0 fully saturated rings. The van der Waals surface area contributed by atoms with Gasteiger partial charge >= 0.3 is 0 Å². The number of hydrogen-bond acceptors (Lipinski definition) is 1. The van der Waals surface area contributed by atoms with E-state index in [1.807, 2.05) is 6.92 Å². The zero-order valence-electron chi connectivity index (χ0n) is 8.09. The van der Waals surface area contributed by atoms with Crippen LogP contribution in [0.4, 0.5) is 4.39 Å². The van der Waals surface area contributed by atoms with E-state index in [1.165, 1.54) is 0 Å². The van der Waals surface area contributed by atoms with Gasteiger partial charge in [0, 0.05) is 16.5 Å². The van der Waals surface area contributed by atoms with Crippen LogP contribution in [-0.4, -0.2) is 13.3 Å². The summed E-state index contributed by atoms with van der Waals surface area (Å²) in [7, 11) is 0. The molecule has 1 aromatic carbocycles. The van der Waals surface area contributed by atoms with Gasteiger partial charge in [0.05, 0.1) is 13.3 Å². The highest BCUT2D eigenvalue weighted by atomic mass is 35.5. The van der Waals surface area contributed by atoms with Crippen molar-refractivity contribution >= 4 is 11.6 Å². The Morgan fingerprint density at radius 1 is 1.57 bits per heavy atom. The lowest BCUT2D eigenvalue weighted by atomic mass is 10.0. The maximum absolute atomic E-state index is 12.5. The molecule has 0 amide bonds. The first-order valence-corrected chi connectivity index (χ1v) is 4.88. The van der Waals surface area contributed by atoms with Crippen LogP contribution in [0.5, 0.6) is 5.75 Å². The van der Waals surface area contributed by atoms with Crippen LogP contribution < -0.4 is 4.74 Å². The molecule has 0 aromatic heterocycles. The average molecular weight is 216 g/mol. The van der Waals surface area contributed by atoms with E-state index in [1.54, 1.807) is 18.2 Å². The predicted molar refractivity (Wildman–Crippen MR) is 56.7 cm³/mol. The van der Waals surface area contributed by atoms with E-state index >= 15 is 0 Å². The second kappa shape index (κ2) is 5.20. The van der Waals surface area contributed by atoms with E-state index < -0.39 is 12.6 Å². The van der Waals surface area contributed by atoms with Crippen LogP contribution in [0.15, 0.2) is 18.2 Å². The molecule has 0 aliphatic rings. The van der Waals surface area contributed by atoms with E-state index in [-0.39, 0.29) is 0 Å². The van der Waals surface area contributed by atoms with Crippen molar-refractivity contribution < 1.29 is 9.13 Å². The molecule has 1 nitrogen and oxygen atoms in total. The van der Waals surface area contributed by atoms with Crippen molar-refractivity contribution in [3.63, 3.8) is 0 Å². The van der Waals surface area contributed by atoms with Gasteiger partial charge in [0.25, 0.3) is 0 Å². The Bertz CT molecular complexity index is 301. The Kier molecular flexibility index (Phi) is 4.21. The number of rotatable bonds is 4. The minimum Gasteiger partial charge on any atom is -0.494 e. The van der Waals surface area contributed by atoms with Crippen LogP contribution >= 0.6 is 11.6 Å². The molecule has 1 unspecified atom stereocenters. The first-order valence-electron chi connectivity index (χ1n) is 4.50. The molecular formula is C11H13ClFO. The Morgan fingerprint density at radius 3 is 2.86 bits per heavy atom. The number of halogens is 2. The van der Waals surface area contributed by atoms with Crippen LogP contribution in [0.2, 0.25) is 5.02 Å². The van der Waals surface area contributed by atoms with E-state index in [0.29, 0.717) is 17.4 Å². The molecule has 0 N–H and O–H groups in total. The molecule has 1 atom stereocenters. The second-order valence-corrected chi connectivity index (χ2v) is 3.40. The van der Waals surface area contributed by atoms with E-state index in [0.717, 1.165) is 5.56 Å². The number of ether oxygens (including phenoxy) is 1. The molecule has 0 aliphatic carbocycles. The maximum atomic E-state index is 12.5. The molecule has 3 heteroatoms. The average Bonchev–Trinajstić information content (AvgIpc) is 2.20. The molecule has 1 radical (unpaired) electrons. The van der Waals surface area contributed by atoms with E-state index in [9.17, 15) is 4.39 Å². The van der Waals surface area contributed by atoms with Gasteiger partial charge < -0.3 is 4.74 Å². The van der Waals surface area contributed by atoms with Gasteiger partial charge in [-0.1, -0.05) is 11.6 Å². The highest BCUT2D eigenvalue weighted by Gasteiger charge is 2.11. The Balaban J connectivity index is 3.02. The molecule has 0 heterocycles. The van der Waals surface area contributed by atoms with Gasteiger partial charge in [0.1, 0.15) is 5.75 Å². The van der Waals surface area contributed by atoms with Crippen LogP contribution in [0.25, 0.3) is 0 Å². The maximum Gasteiger partial charge on any atom is 0.122 e. The van der Waals surface area contributed by atoms with Crippen LogP contribution in [0.3, 0.4) is 0 Å². The minimum absolute atomic E-state index is 0.421. The topological polar surface area (TPSA) is 9.23 Å². The number of alkyl halides is 1. The van der Waals surface area contributed by atoms with Gasteiger partial charge in [0.15, 0.2) is 0 Å². The van der Waals surface area contributed by atoms with Crippen LogP contribution in [-0.2, 0) is 0 Å². The van der Waals surface area contributed by atoms with E-state index in [4.69, 9.17) is 16.3 Å². The van der Waals surface area contributed by atoms with Gasteiger partial charge in [0.2, 0.25) is 0 Å². The predicted octanol–water partition coefficient (Wildman–Crippen LogP) is 3.63. The summed E-state index contributed by atoms with van der Waals surface area (Å²) in [4.78, 5) is 0. The fraction of sp³-hybridized carbons (Fsp3) is 0.364. The molecule has 1 rings (SSSR count). The summed E-state index contributed by atoms with van der Waals surface area (Å²) >= 11 is 5.81. The molecule has 0 saturated heterocycles. The molecule has 0 aliphatic heterocycles. The summed E-state index contributed by atoms with van der Waals surface area (Å²) in [6.07, 6.45) is 0. The zero-order valence-corrected chi connectivity index (χ0v) is 8.85. The standard InChI is InChI=1S/C11H13ClFO/c1-3-14-11-5-4-9(12)6-10(11)8(2)7-13/h4-6,8H,2-3,7H2,1H3. The Morgan fingerprint density at radius 2 is 2.29 bits per heavy atom. The lowest BCUT2D eigenvalue weighted by Crippen LogP contribution is -2.01. The summed E-state index contributed by atoms with van der Waals surface area (Å²) in [6.45, 7) is 5.61. The normalized spacial score (nSPS) is 12.6. The molecule has 0 saturated carbocycles. The van der Waals surface area contributed by atoms with Gasteiger partial charge in [-0.05, 0) is 32.0 Å². The first kappa shape index (κ1) is 11.3. The molecule has 1 aromatic rings. The lowest BCUT2D eigenvalue weighted by Gasteiger charge is -2.13. The summed E-state index contributed by atoms with van der Waals surface area (Å²) in [5.41, 5.74) is 0.724. The van der Waals surface area contributed by atoms with Gasteiger partial charge in [-0.2, -0.15) is 0 Å². The summed E-state index contributed by atoms with van der Waals surface area (Å²) < 4.78 is 17.8. The zero-order chi connectivity index (χ0) is 10.6. The van der Waals surface area contributed by atoms with Crippen molar-refractivity contribution in [3.05, 3.63) is 35.7 Å². The number of hydrogen-bond donors (Lipinski definition) is 0. The molecule has 77 valence electrons. The van der Waals surface area contributed by atoms with Crippen molar-refractivity contribution in [3.8, 4) is 5.75 Å². The fourth-order valence-corrected chi connectivity index (χ4v) is 1.39. The molecular weight excluding hydrogens is 203 g/mol. The van der Waals surface area contributed by atoms with E-state index in [2.05, 4.69) is 6.92 Å². The highest BCUT2D eigenvalue weighted by molar-refractivity contribution is 6.30. The monoisotopic (exact) mass is 215 g/mol. The molecule has 0 spiro atoms. The summed E-state index contributed by atoms with van der Waals surface area (Å²) in [5, 5.41) is 0.575. The highest BCUT2D eigenvalue weighted by Crippen LogP contribution is 2.29. The van der Waals surface area contributed by atoms with Crippen molar-refractivity contribution in [1.29, 1.82) is 0 Å². The Labute approximate surface area is 88.8 Å². The fourth-order valence-electron chi connectivity index (χ4n) is 1.21. The smallest absolute Gasteiger partial charge is 0.122 e. The lowest BCUT2D eigenvalue weighted by molar-refractivity contribution is 0.332. The minimum atomic E-state index is -0.513. The summed E-state index contributed by atoms with van der Waals surface area (Å²) in [5.74, 6) is 0.241. The summed E-state index contributed by atoms with van der Waals surface area (Å²) in [6, 6.07) is 5.17. The van der Waals surface area contributed by atoms with Gasteiger partial charge in [-0.25, -0.2) is 0 Å². The second-order valence-electron chi connectivity index (χ2n) is 2.97. The largest absolute Gasteiger partial charge is 0.494 e. The SMILES string of the molecule is [CH2]C(CF)c1cc(Cl)ccc1OCC. The van der Waals surface area contributed by atoms with Crippen LogP contribution in [0, 0.1) is 6.92 Å². The first-order chi connectivity index (χ1) is 6.69. The van der Waals surface area contributed by atoms with Crippen molar-refractivity contribution in [1.82, 2.24) is 0 Å². The van der Waals surface area contributed by atoms with Gasteiger partial charge in [-0.15, -0.1) is 0 Å². The van der Waals surface area contributed by atoms with Crippen molar-refractivity contribution in [2.45, 2.75) is 12.8 Å². The third-order valence-corrected chi connectivity index (χ3v) is 2.13. The molecule has 0 bridgehead atoms. The van der Waals surface area contributed by atoms with Crippen molar-refractivity contribution in [2.24, 2.45) is 0 Å². The third kappa shape index (κ3) is 2.61. The Hall–Kier alpha value is -0.760. The quantitative estimate of drug-likeness (QED) is 0.746. The van der Waals surface area contributed by atoms with Crippen LogP contribution in [0.1, 0.15) is 18.4 Å². The third-order valence-electron chi connectivity index (χ3n) is 1.90. The number of benzene rings is 1.